The van der Waals surface area contributed by atoms with Crippen LogP contribution in [-0.2, 0) is 6.18 Å². The lowest BCUT2D eigenvalue weighted by atomic mass is 10.2. The number of alkyl halides is 3. The van der Waals surface area contributed by atoms with E-state index >= 15 is 0 Å². The molecule has 0 bridgehead atoms. The van der Waals surface area contributed by atoms with Crippen LogP contribution in [0.1, 0.15) is 5.56 Å². The Bertz CT molecular complexity index is 882. The lowest BCUT2D eigenvalue weighted by Gasteiger charge is -2.12. The summed E-state index contributed by atoms with van der Waals surface area (Å²) in [4.78, 5) is 8.21. The van der Waals surface area contributed by atoms with E-state index in [0.717, 1.165) is 17.8 Å². The third kappa shape index (κ3) is 4.21. The minimum absolute atomic E-state index is 0.442. The molecule has 0 amide bonds. The monoisotopic (exact) mass is 360 g/mol. The summed E-state index contributed by atoms with van der Waals surface area (Å²) >= 11 is 0. The summed E-state index contributed by atoms with van der Waals surface area (Å²) in [6.45, 7) is 0. The van der Waals surface area contributed by atoms with E-state index in [2.05, 4.69) is 20.6 Å². The minimum Gasteiger partial charge on any atom is -0.495 e. The van der Waals surface area contributed by atoms with E-state index in [1.165, 1.54) is 18.5 Å². The van der Waals surface area contributed by atoms with Gasteiger partial charge in [-0.05, 0) is 36.4 Å². The van der Waals surface area contributed by atoms with Crippen LogP contribution in [-0.4, -0.2) is 17.1 Å². The molecule has 0 saturated carbocycles. The first-order valence-electron chi connectivity index (χ1n) is 7.62. The van der Waals surface area contributed by atoms with Crippen molar-refractivity contribution in [2.24, 2.45) is 0 Å². The Morgan fingerprint density at radius 1 is 0.885 bits per heavy atom. The highest BCUT2D eigenvalue weighted by molar-refractivity contribution is 5.66. The zero-order valence-electron chi connectivity index (χ0n) is 13.7. The Kier molecular flexibility index (Phi) is 4.92. The maximum Gasteiger partial charge on any atom is 0.416 e. The summed E-state index contributed by atoms with van der Waals surface area (Å²) in [6, 6.07) is 13.7. The second-order valence-electron chi connectivity index (χ2n) is 5.31. The molecule has 8 heteroatoms. The van der Waals surface area contributed by atoms with Gasteiger partial charge in [-0.15, -0.1) is 0 Å². The molecule has 2 aromatic carbocycles. The second kappa shape index (κ2) is 7.30. The molecule has 1 aromatic heterocycles. The minimum atomic E-state index is -4.36. The van der Waals surface area contributed by atoms with E-state index < -0.39 is 11.7 Å². The largest absolute Gasteiger partial charge is 0.495 e. The standard InChI is InChI=1S/C18H15F3N4O/c1-26-15-5-3-2-4-14(15)25-17-10-16(22-11-23-17)24-13-8-6-12(7-9-13)18(19,20)21/h2-11H,1H3,(H2,22,23,24,25). The van der Waals surface area contributed by atoms with Gasteiger partial charge in [-0.1, -0.05) is 12.1 Å². The predicted octanol–water partition coefficient (Wildman–Crippen LogP) is 4.99. The molecule has 3 rings (SSSR count). The van der Waals surface area contributed by atoms with Gasteiger partial charge < -0.3 is 15.4 Å². The number of ether oxygens (including phenoxy) is 1. The average Bonchev–Trinajstić information content (AvgIpc) is 2.62. The van der Waals surface area contributed by atoms with Crippen LogP contribution in [0.3, 0.4) is 0 Å². The number of nitrogens with zero attached hydrogens (tertiary/aromatic N) is 2. The molecule has 1 heterocycles. The molecule has 5 nitrogen and oxygen atoms in total. The number of rotatable bonds is 5. The van der Waals surface area contributed by atoms with Crippen molar-refractivity contribution in [2.75, 3.05) is 17.7 Å². The van der Waals surface area contributed by atoms with Gasteiger partial charge in [0, 0.05) is 11.8 Å². The second-order valence-corrected chi connectivity index (χ2v) is 5.31. The van der Waals surface area contributed by atoms with Gasteiger partial charge in [0.2, 0.25) is 0 Å². The zero-order valence-corrected chi connectivity index (χ0v) is 13.7. The molecule has 2 N–H and O–H groups in total. The number of para-hydroxylation sites is 2. The van der Waals surface area contributed by atoms with E-state index in [4.69, 9.17) is 4.74 Å². The maximum atomic E-state index is 12.6. The Hall–Kier alpha value is -3.29. The SMILES string of the molecule is COc1ccccc1Nc1cc(Nc2ccc(C(F)(F)F)cc2)ncn1. The van der Waals surface area contributed by atoms with Crippen molar-refractivity contribution < 1.29 is 17.9 Å². The molecule has 0 aliphatic rings. The molecule has 0 radical (unpaired) electrons. The summed E-state index contributed by atoms with van der Waals surface area (Å²) in [5.41, 5.74) is 0.512. The molecule has 0 spiro atoms. The molecule has 0 saturated heterocycles. The van der Waals surface area contributed by atoms with Crippen LogP contribution < -0.4 is 15.4 Å². The molecule has 0 aliphatic heterocycles. The highest BCUT2D eigenvalue weighted by atomic mass is 19.4. The average molecular weight is 360 g/mol. The van der Waals surface area contributed by atoms with Gasteiger partial charge >= 0.3 is 6.18 Å². The number of aromatic nitrogens is 2. The summed E-state index contributed by atoms with van der Waals surface area (Å²) in [7, 11) is 1.57. The molecule has 26 heavy (non-hydrogen) atoms. The van der Waals surface area contributed by atoms with Gasteiger partial charge in [0.05, 0.1) is 18.4 Å². The quantitative estimate of drug-likeness (QED) is 0.671. The van der Waals surface area contributed by atoms with E-state index in [1.54, 1.807) is 13.2 Å². The summed E-state index contributed by atoms with van der Waals surface area (Å²) in [5, 5.41) is 6.06. The Morgan fingerprint density at radius 2 is 1.54 bits per heavy atom. The Labute approximate surface area is 147 Å². The lowest BCUT2D eigenvalue weighted by molar-refractivity contribution is -0.137. The highest BCUT2D eigenvalue weighted by Crippen LogP contribution is 2.30. The van der Waals surface area contributed by atoms with Crippen LogP contribution in [0.2, 0.25) is 0 Å². The number of anilines is 4. The molecule has 134 valence electrons. The van der Waals surface area contributed by atoms with Crippen molar-refractivity contribution in [3.63, 3.8) is 0 Å². The third-order valence-electron chi connectivity index (χ3n) is 3.52. The normalized spacial score (nSPS) is 11.1. The van der Waals surface area contributed by atoms with Gasteiger partial charge in [0.15, 0.2) is 0 Å². The molecule has 0 fully saturated rings. The van der Waals surface area contributed by atoms with Gasteiger partial charge in [-0.3, -0.25) is 0 Å². The van der Waals surface area contributed by atoms with Crippen LogP contribution >= 0.6 is 0 Å². The van der Waals surface area contributed by atoms with Crippen molar-refractivity contribution >= 4 is 23.0 Å². The van der Waals surface area contributed by atoms with E-state index in [-0.39, 0.29) is 0 Å². The van der Waals surface area contributed by atoms with Crippen molar-refractivity contribution in [3.05, 3.63) is 66.5 Å². The molecule has 3 aromatic rings. The number of methoxy groups -OCH3 is 1. The van der Waals surface area contributed by atoms with Crippen molar-refractivity contribution in [3.8, 4) is 5.75 Å². The Balaban J connectivity index is 1.75. The first-order valence-corrected chi connectivity index (χ1v) is 7.62. The summed E-state index contributed by atoms with van der Waals surface area (Å²) in [6.07, 6.45) is -3.01. The van der Waals surface area contributed by atoms with Crippen molar-refractivity contribution in [1.82, 2.24) is 9.97 Å². The van der Waals surface area contributed by atoms with Gasteiger partial charge in [-0.25, -0.2) is 9.97 Å². The molecule has 0 aliphatic carbocycles. The molecule has 0 atom stereocenters. The third-order valence-corrected chi connectivity index (χ3v) is 3.52. The van der Waals surface area contributed by atoms with E-state index in [0.29, 0.717) is 23.1 Å². The van der Waals surface area contributed by atoms with Crippen LogP contribution in [0, 0.1) is 0 Å². The van der Waals surface area contributed by atoms with Gasteiger partial charge in [0.25, 0.3) is 0 Å². The van der Waals surface area contributed by atoms with E-state index in [9.17, 15) is 13.2 Å². The molecule has 0 unspecified atom stereocenters. The van der Waals surface area contributed by atoms with E-state index in [1.807, 2.05) is 24.3 Å². The zero-order chi connectivity index (χ0) is 18.6. The predicted molar refractivity (Wildman–Crippen MR) is 93.0 cm³/mol. The van der Waals surface area contributed by atoms with Crippen molar-refractivity contribution in [1.29, 1.82) is 0 Å². The number of hydrogen-bond donors (Lipinski definition) is 2. The number of halogens is 3. The fraction of sp³-hybridized carbons (Fsp3) is 0.111. The van der Waals surface area contributed by atoms with Gasteiger partial charge in [0.1, 0.15) is 23.7 Å². The lowest BCUT2D eigenvalue weighted by Crippen LogP contribution is -2.04. The molecular formula is C18H15F3N4O. The van der Waals surface area contributed by atoms with Crippen LogP contribution in [0.4, 0.5) is 36.2 Å². The number of hydrogen-bond acceptors (Lipinski definition) is 5. The maximum absolute atomic E-state index is 12.6. The summed E-state index contributed by atoms with van der Waals surface area (Å²) < 4.78 is 43.1. The van der Waals surface area contributed by atoms with Crippen LogP contribution in [0.5, 0.6) is 5.75 Å². The highest BCUT2D eigenvalue weighted by Gasteiger charge is 2.29. The Morgan fingerprint density at radius 3 is 2.19 bits per heavy atom. The fourth-order valence-corrected chi connectivity index (χ4v) is 2.27. The fourth-order valence-electron chi connectivity index (χ4n) is 2.27. The first kappa shape index (κ1) is 17.5. The van der Waals surface area contributed by atoms with Crippen LogP contribution in [0.15, 0.2) is 60.9 Å². The smallest absolute Gasteiger partial charge is 0.416 e. The summed E-state index contributed by atoms with van der Waals surface area (Å²) in [5.74, 6) is 1.61. The first-order chi connectivity index (χ1) is 12.5. The molecular weight excluding hydrogens is 345 g/mol. The van der Waals surface area contributed by atoms with Crippen LogP contribution in [0.25, 0.3) is 0 Å². The van der Waals surface area contributed by atoms with Gasteiger partial charge in [-0.2, -0.15) is 13.2 Å². The topological polar surface area (TPSA) is 59.1 Å². The number of benzene rings is 2. The number of nitrogens with one attached hydrogen (secondary N) is 2. The van der Waals surface area contributed by atoms with Crippen molar-refractivity contribution in [2.45, 2.75) is 6.18 Å².